The first-order valence-corrected chi connectivity index (χ1v) is 7.98. The molecule has 2 rings (SSSR count). The van der Waals surface area contributed by atoms with Crippen LogP contribution >= 0.6 is 8.19 Å². The minimum atomic E-state index is -0.378. The van der Waals surface area contributed by atoms with Gasteiger partial charge < -0.3 is 9.15 Å². The second kappa shape index (κ2) is 6.03. The number of hydrogen-bond acceptors (Lipinski definition) is 3. The van der Waals surface area contributed by atoms with Gasteiger partial charge in [0.2, 0.25) is 5.76 Å². The van der Waals surface area contributed by atoms with Gasteiger partial charge in [0.05, 0.1) is 6.61 Å². The van der Waals surface area contributed by atoms with Crippen molar-refractivity contribution >= 4 is 14.2 Å². The molecule has 21 heavy (non-hydrogen) atoms. The Kier molecular flexibility index (Phi) is 4.53. The van der Waals surface area contributed by atoms with Crippen LogP contribution in [0.25, 0.3) is 11.1 Å². The van der Waals surface area contributed by atoms with Gasteiger partial charge in [-0.3, -0.25) is 0 Å². The highest BCUT2D eigenvalue weighted by molar-refractivity contribution is 7.34. The molecule has 0 saturated carbocycles. The number of benzene rings is 1. The highest BCUT2D eigenvalue weighted by Crippen LogP contribution is 2.42. The molecule has 2 aromatic rings. The van der Waals surface area contributed by atoms with Crippen molar-refractivity contribution in [3.05, 3.63) is 40.9 Å². The van der Waals surface area contributed by atoms with Gasteiger partial charge in [0.25, 0.3) is 0 Å². The van der Waals surface area contributed by atoms with E-state index in [-0.39, 0.29) is 11.4 Å². The van der Waals surface area contributed by atoms with Crippen LogP contribution in [0.5, 0.6) is 0 Å². The maximum Gasteiger partial charge on any atom is 0.374 e. The van der Waals surface area contributed by atoms with Gasteiger partial charge in [-0.1, -0.05) is 50.6 Å². The van der Waals surface area contributed by atoms with Gasteiger partial charge >= 0.3 is 5.97 Å². The molecule has 112 valence electrons. The summed E-state index contributed by atoms with van der Waals surface area (Å²) < 4.78 is 11.0. The van der Waals surface area contributed by atoms with E-state index >= 15 is 0 Å². The normalized spacial score (nSPS) is 11.9. The minimum absolute atomic E-state index is 0.143. The molecule has 0 atom stereocenters. The van der Waals surface area contributed by atoms with Crippen molar-refractivity contribution in [2.24, 2.45) is 0 Å². The van der Waals surface area contributed by atoms with Gasteiger partial charge in [0.1, 0.15) is 0 Å². The molecule has 1 aromatic carbocycles. The van der Waals surface area contributed by atoms with Crippen LogP contribution in [0.4, 0.5) is 0 Å². The number of ether oxygens (including phenoxy) is 1. The van der Waals surface area contributed by atoms with Gasteiger partial charge in [-0.05, 0) is 27.5 Å². The van der Waals surface area contributed by atoms with E-state index in [4.69, 9.17) is 9.15 Å². The third-order valence-electron chi connectivity index (χ3n) is 3.10. The molecule has 0 fully saturated rings. The van der Waals surface area contributed by atoms with Crippen LogP contribution in [0.15, 0.2) is 28.7 Å². The summed E-state index contributed by atoms with van der Waals surface area (Å²) in [6, 6.07) is 8.12. The molecular formula is C17H21O3P. The Hall–Kier alpha value is -1.60. The lowest BCUT2D eigenvalue weighted by Crippen LogP contribution is -2.15. The van der Waals surface area contributed by atoms with Crippen LogP contribution in [0.2, 0.25) is 0 Å². The lowest BCUT2D eigenvalue weighted by atomic mass is 9.93. The zero-order valence-electron chi connectivity index (χ0n) is 13.2. The number of rotatable bonds is 3. The zero-order chi connectivity index (χ0) is 15.6. The van der Waals surface area contributed by atoms with Crippen molar-refractivity contribution in [1.29, 1.82) is 0 Å². The van der Waals surface area contributed by atoms with Gasteiger partial charge in [0.15, 0.2) is 5.49 Å². The van der Waals surface area contributed by atoms with E-state index in [1.165, 1.54) is 5.56 Å². The molecule has 0 aliphatic carbocycles. The summed E-state index contributed by atoms with van der Waals surface area (Å²) in [4.78, 5) is 12.1. The second-order valence-electron chi connectivity index (χ2n) is 6.03. The molecule has 4 heteroatoms. The second-order valence-corrected chi connectivity index (χ2v) is 7.11. The molecule has 0 aliphatic rings. The smallest absolute Gasteiger partial charge is 0.374 e. The van der Waals surface area contributed by atoms with Crippen LogP contribution in [0, 0.1) is 6.92 Å². The minimum Gasteiger partial charge on any atom is -0.460 e. The summed E-state index contributed by atoms with van der Waals surface area (Å²) in [6.45, 7) is 10.4. The molecule has 0 radical (unpaired) electrons. The first-order valence-electron chi connectivity index (χ1n) is 7.08. The van der Waals surface area contributed by atoms with E-state index in [2.05, 4.69) is 20.8 Å². The Morgan fingerprint density at radius 3 is 2.38 bits per heavy atom. The number of aryl methyl sites for hydroxylation is 1. The zero-order valence-corrected chi connectivity index (χ0v) is 14.1. The van der Waals surface area contributed by atoms with Crippen LogP contribution in [-0.4, -0.2) is 12.6 Å². The Morgan fingerprint density at radius 2 is 1.86 bits per heavy atom. The fraction of sp³-hybridized carbons (Fsp3) is 0.412. The SMILES string of the molecule is CCOC(=O)c1oc(-c2ccc(C)cc2)pc1C(C)(C)C. The van der Waals surface area contributed by atoms with Crippen LogP contribution < -0.4 is 0 Å². The van der Waals surface area contributed by atoms with E-state index < -0.39 is 0 Å². The fourth-order valence-corrected chi connectivity index (χ4v) is 3.18. The van der Waals surface area contributed by atoms with Crippen LogP contribution in [-0.2, 0) is 10.2 Å². The third-order valence-corrected chi connectivity index (χ3v) is 4.75. The van der Waals surface area contributed by atoms with Crippen LogP contribution in [0.1, 0.15) is 49.1 Å². The van der Waals surface area contributed by atoms with E-state index in [1.54, 1.807) is 6.92 Å². The standard InChI is InChI=1S/C17H21O3P/c1-6-19-15(18)13-14(17(3,4)5)21-16(20-13)12-9-7-11(2)8-10-12/h7-10H,6H2,1-5H3. The van der Waals surface area contributed by atoms with Crippen molar-refractivity contribution in [2.75, 3.05) is 6.61 Å². The van der Waals surface area contributed by atoms with Crippen molar-refractivity contribution < 1.29 is 13.9 Å². The van der Waals surface area contributed by atoms with E-state index in [1.807, 2.05) is 31.2 Å². The number of carbonyl (C=O) groups is 1. The lowest BCUT2D eigenvalue weighted by molar-refractivity contribution is 0.0487. The largest absolute Gasteiger partial charge is 0.460 e. The summed E-state index contributed by atoms with van der Waals surface area (Å²) in [5, 5.41) is 0.969. The molecule has 1 aromatic heterocycles. The molecule has 0 saturated heterocycles. The molecule has 0 unspecified atom stereocenters. The highest BCUT2D eigenvalue weighted by Gasteiger charge is 2.29. The first-order chi connectivity index (χ1) is 9.82. The monoisotopic (exact) mass is 304 g/mol. The van der Waals surface area contributed by atoms with Crippen molar-refractivity contribution in [3.63, 3.8) is 0 Å². The Balaban J connectivity index is 2.50. The summed E-state index contributed by atoms with van der Waals surface area (Å²) in [7, 11) is 0.940. The molecule has 0 N–H and O–H groups in total. The van der Waals surface area contributed by atoms with Crippen molar-refractivity contribution in [3.8, 4) is 11.1 Å². The fourth-order valence-electron chi connectivity index (χ4n) is 1.98. The molecule has 1 heterocycles. The number of carbonyl (C=O) groups excluding carboxylic acids is 1. The van der Waals surface area contributed by atoms with Gasteiger partial charge in [-0.15, -0.1) is 0 Å². The topological polar surface area (TPSA) is 39.4 Å². The first kappa shape index (κ1) is 15.8. The Bertz CT molecular complexity index is 633. The maximum atomic E-state index is 12.1. The quantitative estimate of drug-likeness (QED) is 0.721. The van der Waals surface area contributed by atoms with Crippen LogP contribution in [0.3, 0.4) is 0 Å². The Labute approximate surface area is 127 Å². The third kappa shape index (κ3) is 3.54. The summed E-state index contributed by atoms with van der Waals surface area (Å²) in [5.74, 6) is -0.0290. The summed E-state index contributed by atoms with van der Waals surface area (Å²) in [5.41, 5.74) is 2.85. The molecule has 3 nitrogen and oxygen atoms in total. The van der Waals surface area contributed by atoms with Gasteiger partial charge in [0, 0.05) is 10.9 Å². The Morgan fingerprint density at radius 1 is 1.24 bits per heavy atom. The van der Waals surface area contributed by atoms with E-state index in [9.17, 15) is 4.79 Å². The van der Waals surface area contributed by atoms with Gasteiger partial charge in [-0.2, -0.15) is 0 Å². The lowest BCUT2D eigenvalue weighted by Gasteiger charge is -2.16. The molecule has 0 aliphatic heterocycles. The van der Waals surface area contributed by atoms with E-state index in [0.29, 0.717) is 12.4 Å². The number of hydrogen-bond donors (Lipinski definition) is 0. The van der Waals surface area contributed by atoms with Gasteiger partial charge in [-0.25, -0.2) is 4.79 Å². The van der Waals surface area contributed by atoms with Crippen molar-refractivity contribution in [1.82, 2.24) is 0 Å². The van der Waals surface area contributed by atoms with E-state index in [0.717, 1.165) is 24.5 Å². The predicted molar refractivity (Wildman–Crippen MR) is 86.1 cm³/mol. The summed E-state index contributed by atoms with van der Waals surface area (Å²) in [6.07, 6.45) is 0. The van der Waals surface area contributed by atoms with Crippen molar-refractivity contribution in [2.45, 2.75) is 40.0 Å². The average molecular weight is 304 g/mol. The maximum absolute atomic E-state index is 12.1. The summed E-state index contributed by atoms with van der Waals surface area (Å²) >= 11 is 0. The molecule has 0 spiro atoms. The average Bonchev–Trinajstić information content (AvgIpc) is 2.85. The predicted octanol–water partition coefficient (Wildman–Crippen LogP) is 5.31. The molecule has 0 bridgehead atoms. The number of esters is 1. The molecule has 0 amide bonds. The highest BCUT2D eigenvalue weighted by atomic mass is 31.0. The molecular weight excluding hydrogens is 283 g/mol.